The van der Waals surface area contributed by atoms with Gasteiger partial charge in [0.05, 0.1) is 17.9 Å². The molecule has 0 aliphatic rings. The van der Waals surface area contributed by atoms with Crippen molar-refractivity contribution in [3.05, 3.63) is 29.3 Å². The number of sulfone groups is 1. The van der Waals surface area contributed by atoms with E-state index in [9.17, 15) is 13.2 Å². The molecule has 100 valence electrons. The molecule has 0 saturated carbocycles. The molecule has 0 spiro atoms. The molecule has 0 radical (unpaired) electrons. The van der Waals surface area contributed by atoms with Crippen LogP contribution in [0.4, 0.5) is 5.69 Å². The average molecular weight is 271 g/mol. The highest BCUT2D eigenvalue weighted by Gasteiger charge is 2.11. The van der Waals surface area contributed by atoms with Gasteiger partial charge in [-0.1, -0.05) is 11.6 Å². The minimum absolute atomic E-state index is 0.00355. The molecule has 0 amide bonds. The topological polar surface area (TPSA) is 86.5 Å². The van der Waals surface area contributed by atoms with Gasteiger partial charge in [-0.15, -0.1) is 0 Å². The van der Waals surface area contributed by atoms with Crippen LogP contribution in [0.3, 0.4) is 0 Å². The summed E-state index contributed by atoms with van der Waals surface area (Å²) in [5, 5.41) is 0. The van der Waals surface area contributed by atoms with Crippen LogP contribution in [0.15, 0.2) is 18.2 Å². The molecule has 2 N–H and O–H groups in total. The highest BCUT2D eigenvalue weighted by molar-refractivity contribution is 7.90. The molecule has 0 fully saturated rings. The van der Waals surface area contributed by atoms with Crippen molar-refractivity contribution in [2.75, 3.05) is 24.3 Å². The van der Waals surface area contributed by atoms with Crippen molar-refractivity contribution >= 4 is 21.5 Å². The monoisotopic (exact) mass is 271 g/mol. The van der Waals surface area contributed by atoms with Gasteiger partial charge in [-0.05, 0) is 25.5 Å². The number of hydrogen-bond donors (Lipinski definition) is 1. The summed E-state index contributed by atoms with van der Waals surface area (Å²) in [6.07, 6.45) is 1.43. The van der Waals surface area contributed by atoms with E-state index in [0.29, 0.717) is 11.3 Å². The summed E-state index contributed by atoms with van der Waals surface area (Å²) in [4.78, 5) is 11.7. The first-order valence-electron chi connectivity index (χ1n) is 5.50. The number of anilines is 1. The first-order chi connectivity index (χ1) is 8.29. The highest BCUT2D eigenvalue weighted by atomic mass is 32.2. The van der Waals surface area contributed by atoms with Crippen LogP contribution in [-0.2, 0) is 14.6 Å². The van der Waals surface area contributed by atoms with Gasteiger partial charge in [0.2, 0.25) is 0 Å². The smallest absolute Gasteiger partial charge is 0.340 e. The first kappa shape index (κ1) is 14.5. The third kappa shape index (κ3) is 4.75. The molecule has 5 nitrogen and oxygen atoms in total. The van der Waals surface area contributed by atoms with Crippen molar-refractivity contribution in [2.24, 2.45) is 0 Å². The van der Waals surface area contributed by atoms with Crippen LogP contribution in [0, 0.1) is 6.92 Å². The van der Waals surface area contributed by atoms with Crippen molar-refractivity contribution in [3.8, 4) is 0 Å². The van der Waals surface area contributed by atoms with Gasteiger partial charge in [-0.2, -0.15) is 0 Å². The van der Waals surface area contributed by atoms with E-state index in [1.165, 1.54) is 0 Å². The van der Waals surface area contributed by atoms with Crippen LogP contribution < -0.4 is 5.73 Å². The molecule has 0 bridgehead atoms. The lowest BCUT2D eigenvalue weighted by molar-refractivity contribution is 0.0507. The number of aryl methyl sites for hydroxylation is 1. The van der Waals surface area contributed by atoms with E-state index in [2.05, 4.69) is 0 Å². The van der Waals surface area contributed by atoms with Gasteiger partial charge in [0, 0.05) is 11.9 Å². The summed E-state index contributed by atoms with van der Waals surface area (Å²) in [7, 11) is -3.02. The van der Waals surface area contributed by atoms with Gasteiger partial charge in [0.15, 0.2) is 0 Å². The second-order valence-corrected chi connectivity index (χ2v) is 6.47. The Labute approximate surface area is 107 Å². The molecule has 0 saturated heterocycles. The Morgan fingerprint density at radius 1 is 1.39 bits per heavy atom. The van der Waals surface area contributed by atoms with Gasteiger partial charge >= 0.3 is 5.97 Å². The molecule has 0 unspecified atom stereocenters. The Hall–Kier alpha value is -1.56. The standard InChI is InChI=1S/C12H17NO4S/c1-9-4-5-11(13)10(8-9)12(14)17-6-3-7-18(2,15)16/h4-5,8H,3,6-7,13H2,1-2H3. The van der Waals surface area contributed by atoms with E-state index in [-0.39, 0.29) is 18.8 Å². The maximum absolute atomic E-state index is 11.7. The Morgan fingerprint density at radius 2 is 2.06 bits per heavy atom. The summed E-state index contributed by atoms with van der Waals surface area (Å²) in [6, 6.07) is 5.09. The number of benzene rings is 1. The minimum Gasteiger partial charge on any atom is -0.462 e. The van der Waals surface area contributed by atoms with Crippen LogP contribution in [0.25, 0.3) is 0 Å². The van der Waals surface area contributed by atoms with Gasteiger partial charge in [-0.3, -0.25) is 0 Å². The van der Waals surface area contributed by atoms with E-state index in [1.807, 2.05) is 6.92 Å². The lowest BCUT2D eigenvalue weighted by Crippen LogP contribution is -2.12. The second-order valence-electron chi connectivity index (χ2n) is 4.21. The third-order valence-corrected chi connectivity index (χ3v) is 3.35. The van der Waals surface area contributed by atoms with Crippen molar-refractivity contribution < 1.29 is 17.9 Å². The second kappa shape index (κ2) is 5.86. The predicted molar refractivity (Wildman–Crippen MR) is 70.2 cm³/mol. The Bertz CT molecular complexity index is 537. The van der Waals surface area contributed by atoms with Crippen LogP contribution >= 0.6 is 0 Å². The van der Waals surface area contributed by atoms with Gasteiger partial charge in [0.1, 0.15) is 9.84 Å². The van der Waals surface area contributed by atoms with Crippen molar-refractivity contribution in [2.45, 2.75) is 13.3 Å². The zero-order valence-corrected chi connectivity index (χ0v) is 11.3. The van der Waals surface area contributed by atoms with Crippen molar-refractivity contribution in [3.63, 3.8) is 0 Å². The maximum Gasteiger partial charge on any atom is 0.340 e. The van der Waals surface area contributed by atoms with E-state index in [4.69, 9.17) is 10.5 Å². The third-order valence-electron chi connectivity index (χ3n) is 2.32. The minimum atomic E-state index is -3.02. The number of hydrogen-bond acceptors (Lipinski definition) is 5. The molecule has 18 heavy (non-hydrogen) atoms. The quantitative estimate of drug-likeness (QED) is 0.493. The van der Waals surface area contributed by atoms with Crippen LogP contribution in [0.1, 0.15) is 22.3 Å². The van der Waals surface area contributed by atoms with Crippen molar-refractivity contribution in [1.29, 1.82) is 0 Å². The zero-order chi connectivity index (χ0) is 13.8. The Balaban J connectivity index is 2.53. The Morgan fingerprint density at radius 3 is 2.67 bits per heavy atom. The van der Waals surface area contributed by atoms with E-state index in [1.54, 1.807) is 18.2 Å². The molecule has 0 atom stereocenters. The average Bonchev–Trinajstić information content (AvgIpc) is 2.26. The van der Waals surface area contributed by atoms with E-state index >= 15 is 0 Å². The van der Waals surface area contributed by atoms with Gasteiger partial charge in [-0.25, -0.2) is 13.2 Å². The maximum atomic E-state index is 11.7. The highest BCUT2D eigenvalue weighted by Crippen LogP contribution is 2.14. The van der Waals surface area contributed by atoms with E-state index < -0.39 is 15.8 Å². The van der Waals surface area contributed by atoms with Crippen LogP contribution in [-0.4, -0.2) is 33.0 Å². The molecule has 0 aliphatic heterocycles. The van der Waals surface area contributed by atoms with Gasteiger partial charge in [0.25, 0.3) is 0 Å². The van der Waals surface area contributed by atoms with Crippen LogP contribution in [0.2, 0.25) is 0 Å². The number of nitrogen functional groups attached to an aromatic ring is 1. The molecule has 1 aromatic carbocycles. The molecule has 0 aromatic heterocycles. The molecular formula is C12H17NO4S. The molecular weight excluding hydrogens is 254 g/mol. The number of esters is 1. The lowest BCUT2D eigenvalue weighted by atomic mass is 10.1. The fourth-order valence-electron chi connectivity index (χ4n) is 1.41. The largest absolute Gasteiger partial charge is 0.462 e. The number of carbonyl (C=O) groups is 1. The zero-order valence-electron chi connectivity index (χ0n) is 10.5. The number of carbonyl (C=O) groups excluding carboxylic acids is 1. The van der Waals surface area contributed by atoms with Crippen LogP contribution in [0.5, 0.6) is 0 Å². The van der Waals surface area contributed by atoms with E-state index in [0.717, 1.165) is 11.8 Å². The molecule has 6 heteroatoms. The lowest BCUT2D eigenvalue weighted by Gasteiger charge is -2.07. The summed E-state index contributed by atoms with van der Waals surface area (Å²) < 4.78 is 26.7. The molecule has 1 rings (SSSR count). The van der Waals surface area contributed by atoms with Gasteiger partial charge < -0.3 is 10.5 Å². The van der Waals surface area contributed by atoms with Crippen molar-refractivity contribution in [1.82, 2.24) is 0 Å². The molecule has 0 heterocycles. The summed E-state index contributed by atoms with van der Waals surface area (Å²) >= 11 is 0. The fraction of sp³-hybridized carbons (Fsp3) is 0.417. The number of nitrogens with two attached hydrogens (primary N) is 1. The summed E-state index contributed by atoms with van der Waals surface area (Å²) in [5.41, 5.74) is 7.25. The first-order valence-corrected chi connectivity index (χ1v) is 7.56. The molecule has 0 aliphatic carbocycles. The number of ether oxygens (including phenoxy) is 1. The normalized spacial score (nSPS) is 11.2. The predicted octanol–water partition coefficient (Wildman–Crippen LogP) is 1.17. The number of rotatable bonds is 5. The fourth-order valence-corrected chi connectivity index (χ4v) is 2.05. The summed E-state index contributed by atoms with van der Waals surface area (Å²) in [5.74, 6) is -0.520. The summed E-state index contributed by atoms with van der Waals surface area (Å²) in [6.45, 7) is 1.92. The SMILES string of the molecule is Cc1ccc(N)c(C(=O)OCCCS(C)(=O)=O)c1. The Kier molecular flexibility index (Phi) is 4.72. The molecule has 1 aromatic rings.